The minimum atomic E-state index is -0.582. The number of carbonyl (C=O) groups excluding carboxylic acids is 1. The molecule has 1 aromatic heterocycles. The fourth-order valence-corrected chi connectivity index (χ4v) is 4.17. The number of amides is 1. The van der Waals surface area contributed by atoms with E-state index in [-0.39, 0.29) is 17.1 Å². The topological polar surface area (TPSA) is 76.2 Å². The van der Waals surface area contributed by atoms with Crippen LogP contribution in [0.3, 0.4) is 0 Å². The van der Waals surface area contributed by atoms with Crippen molar-refractivity contribution in [3.05, 3.63) is 102 Å². The molecule has 0 saturated carbocycles. The van der Waals surface area contributed by atoms with Gasteiger partial charge >= 0.3 is 0 Å². The van der Waals surface area contributed by atoms with Crippen molar-refractivity contribution in [2.45, 2.75) is 6.54 Å². The summed E-state index contributed by atoms with van der Waals surface area (Å²) in [5.74, 6) is 0.110. The molecule has 1 heterocycles. The number of para-hydroxylation sites is 1. The van der Waals surface area contributed by atoms with Crippen LogP contribution in [0.2, 0.25) is 5.02 Å². The highest BCUT2D eigenvalue weighted by atomic mass is 35.5. The number of hydrogen-bond acceptors (Lipinski definition) is 4. The second-order valence-corrected chi connectivity index (χ2v) is 8.06. The van der Waals surface area contributed by atoms with Crippen LogP contribution in [0.25, 0.3) is 21.7 Å². The first-order chi connectivity index (χ1) is 16.6. The van der Waals surface area contributed by atoms with E-state index in [2.05, 4.69) is 10.2 Å². The molecule has 34 heavy (non-hydrogen) atoms. The van der Waals surface area contributed by atoms with Gasteiger partial charge in [0, 0.05) is 10.8 Å². The van der Waals surface area contributed by atoms with Gasteiger partial charge in [0.25, 0.3) is 5.91 Å². The van der Waals surface area contributed by atoms with E-state index in [0.29, 0.717) is 23.6 Å². The Balaban J connectivity index is 1.41. The van der Waals surface area contributed by atoms with Crippen molar-refractivity contribution in [3.8, 4) is 11.6 Å². The summed E-state index contributed by atoms with van der Waals surface area (Å²) in [5, 5.41) is 21.9. The van der Waals surface area contributed by atoms with Crippen LogP contribution < -0.4 is 4.74 Å². The molecule has 7 heteroatoms. The van der Waals surface area contributed by atoms with E-state index in [0.717, 1.165) is 22.0 Å². The summed E-state index contributed by atoms with van der Waals surface area (Å²) in [6, 6.07) is 28.0. The minimum Gasteiger partial charge on any atom is -0.493 e. The highest BCUT2D eigenvalue weighted by Crippen LogP contribution is 2.39. The molecule has 0 unspecified atom stereocenters. The summed E-state index contributed by atoms with van der Waals surface area (Å²) in [7, 11) is 0. The number of rotatable bonds is 6. The molecule has 5 rings (SSSR count). The second-order valence-electron chi connectivity index (χ2n) is 7.65. The zero-order chi connectivity index (χ0) is 23.5. The largest absolute Gasteiger partial charge is 0.493 e. The quantitative estimate of drug-likeness (QED) is 0.268. The van der Waals surface area contributed by atoms with Gasteiger partial charge in [0.2, 0.25) is 5.88 Å². The molecule has 6 nitrogen and oxygen atoms in total. The Bertz CT molecular complexity index is 1540. The molecule has 0 spiro atoms. The average molecular weight is 470 g/mol. The number of hydrogen-bond donors (Lipinski definition) is 1. The number of fused-ring (bicyclic) bond motifs is 2. The number of nitrogens with zero attached hydrogens (tertiary/aromatic N) is 3. The standard InChI is InChI=1S/C27H20ClN3O3/c28-22-13-5-3-11-20(22)26(32)30-29-25-21-12-4-6-14-23(21)31(27(25)33)16-17-34-24-15-7-9-18-8-1-2-10-19(18)24/h1-15,33H,16-17H2. The second kappa shape index (κ2) is 9.37. The molecule has 0 aliphatic heterocycles. The van der Waals surface area contributed by atoms with Gasteiger partial charge in [0.05, 0.1) is 22.6 Å². The number of benzene rings is 4. The van der Waals surface area contributed by atoms with Crippen molar-refractivity contribution in [1.82, 2.24) is 4.57 Å². The molecule has 0 bridgehead atoms. The molecule has 168 valence electrons. The van der Waals surface area contributed by atoms with Gasteiger partial charge in [-0.3, -0.25) is 4.79 Å². The van der Waals surface area contributed by atoms with Gasteiger partial charge in [-0.25, -0.2) is 0 Å². The van der Waals surface area contributed by atoms with Crippen LogP contribution in [0.4, 0.5) is 5.69 Å². The lowest BCUT2D eigenvalue weighted by molar-refractivity contribution is 0.0995. The molecule has 1 amide bonds. The van der Waals surface area contributed by atoms with Crippen LogP contribution in [-0.4, -0.2) is 22.2 Å². The number of azo groups is 1. The van der Waals surface area contributed by atoms with E-state index in [4.69, 9.17) is 16.3 Å². The van der Waals surface area contributed by atoms with Crippen LogP contribution in [0, 0.1) is 0 Å². The number of carbonyl (C=O) groups is 1. The average Bonchev–Trinajstić information content (AvgIpc) is 3.13. The summed E-state index contributed by atoms with van der Waals surface area (Å²) in [6.45, 7) is 0.707. The fraction of sp³-hybridized carbons (Fsp3) is 0.0741. The highest BCUT2D eigenvalue weighted by molar-refractivity contribution is 6.33. The van der Waals surface area contributed by atoms with Gasteiger partial charge in [-0.05, 0) is 29.7 Å². The summed E-state index contributed by atoms with van der Waals surface area (Å²) in [5.41, 5.74) is 1.24. The predicted octanol–water partition coefficient (Wildman–Crippen LogP) is 7.16. The molecular weight excluding hydrogens is 450 g/mol. The van der Waals surface area contributed by atoms with E-state index in [9.17, 15) is 9.90 Å². The Labute approximate surface area is 200 Å². The Morgan fingerprint density at radius 2 is 1.59 bits per heavy atom. The molecule has 0 atom stereocenters. The number of aromatic nitrogens is 1. The molecule has 0 fully saturated rings. The number of halogens is 1. The maximum absolute atomic E-state index is 12.5. The van der Waals surface area contributed by atoms with Gasteiger partial charge < -0.3 is 14.4 Å². The third kappa shape index (κ3) is 4.11. The molecular formula is C27H20ClN3O3. The third-order valence-electron chi connectivity index (χ3n) is 5.58. The lowest BCUT2D eigenvalue weighted by atomic mass is 10.1. The number of ether oxygens (including phenoxy) is 1. The smallest absolute Gasteiger partial charge is 0.296 e. The van der Waals surface area contributed by atoms with Crippen molar-refractivity contribution < 1.29 is 14.6 Å². The Kier molecular flexibility index (Phi) is 5.97. The van der Waals surface area contributed by atoms with Crippen molar-refractivity contribution >= 4 is 44.9 Å². The first-order valence-corrected chi connectivity index (χ1v) is 11.1. The van der Waals surface area contributed by atoms with Gasteiger partial charge in [-0.15, -0.1) is 10.2 Å². The highest BCUT2D eigenvalue weighted by Gasteiger charge is 2.17. The summed E-state index contributed by atoms with van der Waals surface area (Å²) < 4.78 is 7.75. The molecule has 0 radical (unpaired) electrons. The maximum Gasteiger partial charge on any atom is 0.296 e. The fourth-order valence-electron chi connectivity index (χ4n) is 3.95. The summed E-state index contributed by atoms with van der Waals surface area (Å²) in [4.78, 5) is 12.5. The van der Waals surface area contributed by atoms with E-state index in [1.54, 1.807) is 28.8 Å². The van der Waals surface area contributed by atoms with Crippen LogP contribution >= 0.6 is 11.6 Å². The minimum absolute atomic E-state index is 0.0848. The van der Waals surface area contributed by atoms with Crippen molar-refractivity contribution in [3.63, 3.8) is 0 Å². The lowest BCUT2D eigenvalue weighted by Gasteiger charge is -2.11. The van der Waals surface area contributed by atoms with Crippen LogP contribution in [0.1, 0.15) is 10.4 Å². The first kappa shape index (κ1) is 21.7. The zero-order valence-corrected chi connectivity index (χ0v) is 18.8. The predicted molar refractivity (Wildman–Crippen MR) is 133 cm³/mol. The van der Waals surface area contributed by atoms with Crippen LogP contribution in [0.15, 0.2) is 101 Å². The monoisotopic (exact) mass is 469 g/mol. The third-order valence-corrected chi connectivity index (χ3v) is 5.91. The Hall–Kier alpha value is -4.16. The van der Waals surface area contributed by atoms with Gasteiger partial charge in [-0.1, -0.05) is 78.3 Å². The molecule has 1 N–H and O–H groups in total. The molecule has 0 aliphatic carbocycles. The van der Waals surface area contributed by atoms with Crippen molar-refractivity contribution in [1.29, 1.82) is 0 Å². The number of aromatic hydroxyl groups is 1. The van der Waals surface area contributed by atoms with Crippen molar-refractivity contribution in [2.24, 2.45) is 10.2 Å². The van der Waals surface area contributed by atoms with Crippen LogP contribution in [-0.2, 0) is 6.54 Å². The van der Waals surface area contributed by atoms with E-state index in [1.807, 2.05) is 66.7 Å². The van der Waals surface area contributed by atoms with E-state index < -0.39 is 5.91 Å². The Morgan fingerprint density at radius 3 is 2.44 bits per heavy atom. The summed E-state index contributed by atoms with van der Waals surface area (Å²) >= 11 is 6.09. The molecule has 0 saturated heterocycles. The lowest BCUT2D eigenvalue weighted by Crippen LogP contribution is -2.07. The molecule has 5 aromatic rings. The van der Waals surface area contributed by atoms with E-state index >= 15 is 0 Å². The van der Waals surface area contributed by atoms with Gasteiger partial charge in [-0.2, -0.15) is 0 Å². The maximum atomic E-state index is 12.5. The summed E-state index contributed by atoms with van der Waals surface area (Å²) in [6.07, 6.45) is 0. The molecule has 0 aliphatic rings. The first-order valence-electron chi connectivity index (χ1n) is 10.7. The van der Waals surface area contributed by atoms with Crippen molar-refractivity contribution in [2.75, 3.05) is 6.61 Å². The zero-order valence-electron chi connectivity index (χ0n) is 18.1. The van der Waals surface area contributed by atoms with Crippen LogP contribution in [0.5, 0.6) is 11.6 Å². The normalized spacial score (nSPS) is 11.4. The Morgan fingerprint density at radius 1 is 0.882 bits per heavy atom. The van der Waals surface area contributed by atoms with Gasteiger partial charge in [0.15, 0.2) is 5.69 Å². The molecule has 4 aromatic carbocycles. The van der Waals surface area contributed by atoms with Gasteiger partial charge in [0.1, 0.15) is 12.4 Å². The van der Waals surface area contributed by atoms with E-state index in [1.165, 1.54) is 0 Å². The SMILES string of the molecule is O=C(N=Nc1c(O)n(CCOc2cccc3ccccc23)c2ccccc12)c1ccccc1Cl.